The number of rotatable bonds is 5. The van der Waals surface area contributed by atoms with Crippen LogP contribution in [0.3, 0.4) is 0 Å². The van der Waals surface area contributed by atoms with E-state index in [-0.39, 0.29) is 0 Å². The quantitative estimate of drug-likeness (QED) is 0.691. The molecular weight excluding hydrogens is 194 g/mol. The van der Waals surface area contributed by atoms with Crippen molar-refractivity contribution >= 4 is 0 Å². The molecule has 1 nitrogen and oxygen atoms in total. The van der Waals surface area contributed by atoms with Crippen LogP contribution in [0, 0.1) is 5.92 Å². The molecule has 0 bridgehead atoms. The van der Waals surface area contributed by atoms with Gasteiger partial charge in [0.15, 0.2) is 0 Å². The summed E-state index contributed by atoms with van der Waals surface area (Å²) in [7, 11) is 2.14. The predicted octanol–water partition coefficient (Wildman–Crippen LogP) is 4.05. The van der Waals surface area contributed by atoms with Gasteiger partial charge in [-0.05, 0) is 51.5 Å². The average molecular weight is 221 g/mol. The molecule has 2 aliphatic carbocycles. The highest BCUT2D eigenvalue weighted by Crippen LogP contribution is 2.31. The van der Waals surface area contributed by atoms with Gasteiger partial charge >= 0.3 is 0 Å². The number of nitrogens with one attached hydrogen (secondary N) is 1. The van der Waals surface area contributed by atoms with Gasteiger partial charge in [0.2, 0.25) is 0 Å². The molecule has 2 rings (SSSR count). The van der Waals surface area contributed by atoms with Gasteiger partial charge in [0.05, 0.1) is 0 Å². The van der Waals surface area contributed by atoms with Crippen molar-refractivity contribution in [1.82, 2.24) is 5.32 Å². The van der Waals surface area contributed by atoms with Crippen LogP contribution in [-0.4, -0.2) is 13.1 Å². The van der Waals surface area contributed by atoms with E-state index in [1.807, 2.05) is 0 Å². The third kappa shape index (κ3) is 3.62. The van der Waals surface area contributed by atoms with Gasteiger partial charge in [-0.15, -0.1) is 0 Å². The van der Waals surface area contributed by atoms with Crippen molar-refractivity contribution in [3.63, 3.8) is 0 Å². The van der Waals surface area contributed by atoms with Crippen molar-refractivity contribution in [1.29, 1.82) is 0 Å². The Kier molecular flexibility index (Phi) is 4.90. The lowest BCUT2D eigenvalue weighted by molar-refractivity contribution is 0.397. The standard InChI is InChI=1S/C15H27N/c1-16-15(12-14-9-5-6-10-14)11-13-7-3-2-4-8-13/h7,14-16H,2-6,8-12H2,1H3. The summed E-state index contributed by atoms with van der Waals surface area (Å²) in [6.45, 7) is 0. The summed E-state index contributed by atoms with van der Waals surface area (Å²) in [5.41, 5.74) is 1.73. The van der Waals surface area contributed by atoms with Crippen LogP contribution in [0.2, 0.25) is 0 Å². The van der Waals surface area contributed by atoms with Gasteiger partial charge in [-0.1, -0.05) is 37.3 Å². The molecule has 1 unspecified atom stereocenters. The zero-order valence-electron chi connectivity index (χ0n) is 10.8. The number of hydrogen-bond acceptors (Lipinski definition) is 1. The molecular formula is C15H27N. The summed E-state index contributed by atoms with van der Waals surface area (Å²) in [5.74, 6) is 1.02. The van der Waals surface area contributed by atoms with Crippen molar-refractivity contribution in [3.8, 4) is 0 Å². The second-order valence-corrected chi connectivity index (χ2v) is 5.68. The molecule has 1 saturated carbocycles. The molecule has 0 radical (unpaired) electrons. The molecule has 0 heterocycles. The largest absolute Gasteiger partial charge is 0.317 e. The molecule has 0 saturated heterocycles. The van der Waals surface area contributed by atoms with Crippen molar-refractivity contribution in [3.05, 3.63) is 11.6 Å². The third-order valence-corrected chi connectivity index (χ3v) is 4.39. The predicted molar refractivity (Wildman–Crippen MR) is 70.6 cm³/mol. The Hall–Kier alpha value is -0.300. The summed E-state index contributed by atoms with van der Waals surface area (Å²) in [6.07, 6.45) is 16.7. The van der Waals surface area contributed by atoms with Crippen LogP contribution in [0.25, 0.3) is 0 Å². The fraction of sp³-hybridized carbons (Fsp3) is 0.867. The van der Waals surface area contributed by atoms with E-state index in [0.29, 0.717) is 0 Å². The van der Waals surface area contributed by atoms with Crippen molar-refractivity contribution < 1.29 is 0 Å². The highest BCUT2D eigenvalue weighted by Gasteiger charge is 2.20. The second kappa shape index (κ2) is 6.44. The Labute approximate surface area is 101 Å². The fourth-order valence-corrected chi connectivity index (χ4v) is 3.36. The van der Waals surface area contributed by atoms with Crippen LogP contribution in [0.5, 0.6) is 0 Å². The Morgan fingerprint density at radius 1 is 1.25 bits per heavy atom. The van der Waals surface area contributed by atoms with Gasteiger partial charge in [-0.3, -0.25) is 0 Å². The van der Waals surface area contributed by atoms with E-state index in [2.05, 4.69) is 18.4 Å². The summed E-state index contributed by atoms with van der Waals surface area (Å²) in [6, 6.07) is 0.743. The molecule has 1 heteroatoms. The minimum atomic E-state index is 0.743. The first-order valence-corrected chi connectivity index (χ1v) is 7.23. The molecule has 92 valence electrons. The third-order valence-electron chi connectivity index (χ3n) is 4.39. The SMILES string of the molecule is CNC(CC1=CCCCC1)CC1CCCC1. The zero-order chi connectivity index (χ0) is 11.2. The van der Waals surface area contributed by atoms with Crippen molar-refractivity contribution in [2.24, 2.45) is 5.92 Å². The van der Waals surface area contributed by atoms with E-state index < -0.39 is 0 Å². The maximum absolute atomic E-state index is 3.54. The van der Waals surface area contributed by atoms with Gasteiger partial charge < -0.3 is 5.32 Å². The van der Waals surface area contributed by atoms with Crippen molar-refractivity contribution in [2.75, 3.05) is 7.05 Å². The minimum absolute atomic E-state index is 0.743. The molecule has 1 N–H and O–H groups in total. The Morgan fingerprint density at radius 2 is 2.06 bits per heavy atom. The maximum Gasteiger partial charge on any atom is 0.0104 e. The lowest BCUT2D eigenvalue weighted by Gasteiger charge is -2.23. The van der Waals surface area contributed by atoms with Gasteiger partial charge in [0.25, 0.3) is 0 Å². The van der Waals surface area contributed by atoms with Crippen LogP contribution < -0.4 is 5.32 Å². The highest BCUT2D eigenvalue weighted by molar-refractivity contribution is 5.07. The summed E-state index contributed by atoms with van der Waals surface area (Å²) in [4.78, 5) is 0. The Balaban J connectivity index is 1.77. The topological polar surface area (TPSA) is 12.0 Å². The maximum atomic E-state index is 3.54. The molecule has 0 aliphatic heterocycles. The van der Waals surface area contributed by atoms with E-state index >= 15 is 0 Å². The summed E-state index contributed by atoms with van der Waals surface area (Å²) >= 11 is 0. The van der Waals surface area contributed by atoms with Crippen LogP contribution >= 0.6 is 0 Å². The average Bonchev–Trinajstić information content (AvgIpc) is 2.82. The molecule has 0 amide bonds. The van der Waals surface area contributed by atoms with E-state index in [1.165, 1.54) is 64.2 Å². The Morgan fingerprint density at radius 3 is 2.69 bits per heavy atom. The van der Waals surface area contributed by atoms with Gasteiger partial charge in [-0.25, -0.2) is 0 Å². The lowest BCUT2D eigenvalue weighted by Crippen LogP contribution is -2.28. The summed E-state index contributed by atoms with van der Waals surface area (Å²) in [5, 5.41) is 3.54. The first-order chi connectivity index (χ1) is 7.88. The molecule has 2 aliphatic rings. The van der Waals surface area contributed by atoms with Gasteiger partial charge in [0.1, 0.15) is 0 Å². The normalized spacial score (nSPS) is 24.4. The monoisotopic (exact) mass is 221 g/mol. The Bertz CT molecular complexity index is 226. The van der Waals surface area contributed by atoms with Crippen LogP contribution in [0.15, 0.2) is 11.6 Å². The second-order valence-electron chi connectivity index (χ2n) is 5.68. The molecule has 0 aromatic heterocycles. The molecule has 0 aromatic rings. The van der Waals surface area contributed by atoms with E-state index in [0.717, 1.165) is 12.0 Å². The van der Waals surface area contributed by atoms with Crippen LogP contribution in [0.1, 0.15) is 64.2 Å². The zero-order valence-corrected chi connectivity index (χ0v) is 10.8. The molecule has 16 heavy (non-hydrogen) atoms. The molecule has 1 atom stereocenters. The smallest absolute Gasteiger partial charge is 0.0104 e. The molecule has 0 aromatic carbocycles. The van der Waals surface area contributed by atoms with Crippen molar-refractivity contribution in [2.45, 2.75) is 70.3 Å². The van der Waals surface area contributed by atoms with Crippen LogP contribution in [0.4, 0.5) is 0 Å². The lowest BCUT2D eigenvalue weighted by atomic mass is 9.90. The molecule has 1 fully saturated rings. The van der Waals surface area contributed by atoms with E-state index in [1.54, 1.807) is 5.57 Å². The first-order valence-electron chi connectivity index (χ1n) is 7.23. The number of allylic oxidation sites excluding steroid dienone is 1. The summed E-state index contributed by atoms with van der Waals surface area (Å²) < 4.78 is 0. The highest BCUT2D eigenvalue weighted by atomic mass is 14.9. The molecule has 0 spiro atoms. The van der Waals surface area contributed by atoms with Gasteiger partial charge in [0, 0.05) is 6.04 Å². The number of hydrogen-bond donors (Lipinski definition) is 1. The van der Waals surface area contributed by atoms with E-state index in [4.69, 9.17) is 0 Å². The van der Waals surface area contributed by atoms with Crippen LogP contribution in [-0.2, 0) is 0 Å². The fourth-order valence-electron chi connectivity index (χ4n) is 3.36. The first kappa shape index (κ1) is 12.2. The minimum Gasteiger partial charge on any atom is -0.317 e. The van der Waals surface area contributed by atoms with E-state index in [9.17, 15) is 0 Å². The van der Waals surface area contributed by atoms with Gasteiger partial charge in [-0.2, -0.15) is 0 Å².